The molecular formula is C21H17ClFN5OS. The first-order valence-corrected chi connectivity index (χ1v) is 10.3. The standard InChI is InChI=1S/C21H17ClFN5OS/c1-27(2)11-19-25-14(12-30-19)6-8-18-26-16-7-5-13(23)10-15(16)21(29)28(18)17-4-3-9-24-20(17)22/h3-10,12H,11H2,1-2H3/b8-6+. The largest absolute Gasteiger partial charge is 0.303 e. The molecule has 0 saturated heterocycles. The van der Waals surface area contributed by atoms with E-state index in [4.69, 9.17) is 11.6 Å². The molecule has 0 bridgehead atoms. The maximum atomic E-state index is 13.8. The molecule has 6 nitrogen and oxygen atoms in total. The van der Waals surface area contributed by atoms with Crippen LogP contribution in [0, 0.1) is 5.82 Å². The second-order valence-corrected chi connectivity index (χ2v) is 8.12. The fourth-order valence-corrected chi connectivity index (χ4v) is 4.05. The van der Waals surface area contributed by atoms with Crippen LogP contribution in [0.25, 0.3) is 28.7 Å². The minimum absolute atomic E-state index is 0.147. The summed E-state index contributed by atoms with van der Waals surface area (Å²) in [5.41, 5.74) is 1.09. The average Bonchev–Trinajstić information content (AvgIpc) is 3.14. The molecule has 9 heteroatoms. The molecule has 1 aromatic carbocycles. The SMILES string of the molecule is CN(C)Cc1nc(/C=C/c2nc3ccc(F)cc3c(=O)n2-c2cccnc2Cl)cs1. The minimum Gasteiger partial charge on any atom is -0.303 e. The number of nitrogens with zero attached hydrogens (tertiary/aromatic N) is 5. The summed E-state index contributed by atoms with van der Waals surface area (Å²) in [6, 6.07) is 7.27. The fourth-order valence-electron chi connectivity index (χ4n) is 2.97. The van der Waals surface area contributed by atoms with Crippen molar-refractivity contribution in [3.05, 3.63) is 79.8 Å². The van der Waals surface area contributed by atoms with E-state index in [0.29, 0.717) is 17.0 Å². The first kappa shape index (κ1) is 20.3. The summed E-state index contributed by atoms with van der Waals surface area (Å²) in [6.07, 6.45) is 5.01. The van der Waals surface area contributed by atoms with E-state index in [2.05, 4.69) is 15.0 Å². The molecule has 0 amide bonds. The molecule has 0 saturated carbocycles. The summed E-state index contributed by atoms with van der Waals surface area (Å²) < 4.78 is 15.1. The molecule has 0 unspecified atom stereocenters. The van der Waals surface area contributed by atoms with Crippen molar-refractivity contribution in [3.63, 3.8) is 0 Å². The summed E-state index contributed by atoms with van der Waals surface area (Å²) in [4.78, 5) is 28.4. The molecule has 3 aromatic heterocycles. The van der Waals surface area contributed by atoms with Crippen molar-refractivity contribution in [1.29, 1.82) is 0 Å². The Bertz CT molecular complexity index is 1310. The Kier molecular flexibility index (Phi) is 5.72. The molecule has 152 valence electrons. The predicted molar refractivity (Wildman–Crippen MR) is 119 cm³/mol. The Morgan fingerprint density at radius 2 is 2.07 bits per heavy atom. The lowest BCUT2D eigenvalue weighted by Gasteiger charge is -2.12. The highest BCUT2D eigenvalue weighted by Gasteiger charge is 2.15. The number of rotatable bonds is 5. The van der Waals surface area contributed by atoms with E-state index in [0.717, 1.165) is 17.2 Å². The van der Waals surface area contributed by atoms with Crippen LogP contribution in [0.3, 0.4) is 0 Å². The van der Waals surface area contributed by atoms with Crippen LogP contribution in [0.4, 0.5) is 4.39 Å². The number of aromatic nitrogens is 4. The van der Waals surface area contributed by atoms with Gasteiger partial charge in [0.15, 0.2) is 5.15 Å². The van der Waals surface area contributed by atoms with Crippen molar-refractivity contribution < 1.29 is 4.39 Å². The van der Waals surface area contributed by atoms with Gasteiger partial charge in [-0.2, -0.15) is 0 Å². The quantitative estimate of drug-likeness (QED) is 0.433. The Hall–Kier alpha value is -2.94. The van der Waals surface area contributed by atoms with Gasteiger partial charge in [-0.1, -0.05) is 11.6 Å². The third kappa shape index (κ3) is 4.16. The van der Waals surface area contributed by atoms with E-state index in [-0.39, 0.29) is 10.5 Å². The molecule has 30 heavy (non-hydrogen) atoms. The first-order valence-electron chi connectivity index (χ1n) is 9.03. The van der Waals surface area contributed by atoms with Crippen LogP contribution in [-0.2, 0) is 6.54 Å². The van der Waals surface area contributed by atoms with Crippen LogP contribution in [0.1, 0.15) is 16.5 Å². The van der Waals surface area contributed by atoms with Crippen LogP contribution in [0.5, 0.6) is 0 Å². The van der Waals surface area contributed by atoms with E-state index in [9.17, 15) is 9.18 Å². The molecule has 0 atom stereocenters. The van der Waals surface area contributed by atoms with Gasteiger partial charge in [0.25, 0.3) is 5.56 Å². The van der Waals surface area contributed by atoms with E-state index < -0.39 is 11.4 Å². The van der Waals surface area contributed by atoms with Crippen molar-refractivity contribution in [2.24, 2.45) is 0 Å². The smallest absolute Gasteiger partial charge is 0.266 e. The molecule has 4 aromatic rings. The fraction of sp³-hybridized carbons (Fsp3) is 0.143. The third-order valence-electron chi connectivity index (χ3n) is 4.26. The topological polar surface area (TPSA) is 63.9 Å². The van der Waals surface area contributed by atoms with Crippen molar-refractivity contribution in [1.82, 2.24) is 24.4 Å². The van der Waals surface area contributed by atoms with Gasteiger partial charge < -0.3 is 4.90 Å². The number of hydrogen-bond donors (Lipinski definition) is 0. The maximum absolute atomic E-state index is 13.8. The zero-order chi connectivity index (χ0) is 21.3. The van der Waals surface area contributed by atoms with Crippen molar-refractivity contribution in [2.75, 3.05) is 14.1 Å². The highest BCUT2D eigenvalue weighted by molar-refractivity contribution is 7.09. The lowest BCUT2D eigenvalue weighted by Crippen LogP contribution is -2.23. The molecule has 0 aliphatic rings. The summed E-state index contributed by atoms with van der Waals surface area (Å²) in [5.74, 6) is -0.166. The summed E-state index contributed by atoms with van der Waals surface area (Å²) in [5, 5.41) is 3.22. The van der Waals surface area contributed by atoms with Gasteiger partial charge in [0.05, 0.1) is 22.3 Å². The summed E-state index contributed by atoms with van der Waals surface area (Å²) >= 11 is 7.80. The van der Waals surface area contributed by atoms with Gasteiger partial charge in [-0.05, 0) is 56.6 Å². The number of benzene rings is 1. The van der Waals surface area contributed by atoms with E-state index >= 15 is 0 Å². The molecule has 0 aliphatic heterocycles. The molecule has 3 heterocycles. The number of pyridine rings is 1. The lowest BCUT2D eigenvalue weighted by molar-refractivity contribution is 0.401. The average molecular weight is 442 g/mol. The van der Waals surface area contributed by atoms with Crippen LogP contribution in [0.15, 0.2) is 46.7 Å². The Balaban J connectivity index is 1.87. The van der Waals surface area contributed by atoms with Crippen LogP contribution < -0.4 is 5.56 Å². The van der Waals surface area contributed by atoms with E-state index in [1.165, 1.54) is 29.0 Å². The Labute approximate surface area is 180 Å². The van der Waals surface area contributed by atoms with Gasteiger partial charge in [-0.3, -0.25) is 9.36 Å². The molecule has 0 N–H and O–H groups in total. The first-order chi connectivity index (χ1) is 14.4. The molecule has 0 radical (unpaired) electrons. The lowest BCUT2D eigenvalue weighted by atomic mass is 10.2. The molecule has 0 spiro atoms. The summed E-state index contributed by atoms with van der Waals surface area (Å²) in [7, 11) is 3.96. The van der Waals surface area contributed by atoms with Gasteiger partial charge in [-0.25, -0.2) is 19.3 Å². The molecule has 0 fully saturated rings. The van der Waals surface area contributed by atoms with Crippen molar-refractivity contribution >= 4 is 46.0 Å². The molecular weight excluding hydrogens is 425 g/mol. The maximum Gasteiger partial charge on any atom is 0.266 e. The van der Waals surface area contributed by atoms with E-state index in [1.807, 2.05) is 24.4 Å². The third-order valence-corrected chi connectivity index (χ3v) is 5.40. The predicted octanol–water partition coefficient (Wildman–Crippen LogP) is 4.26. The van der Waals surface area contributed by atoms with Gasteiger partial charge in [-0.15, -0.1) is 11.3 Å². The molecule has 4 rings (SSSR count). The second kappa shape index (κ2) is 8.43. The zero-order valence-electron chi connectivity index (χ0n) is 16.2. The zero-order valence-corrected chi connectivity index (χ0v) is 17.8. The number of thiazole rings is 1. The Morgan fingerprint density at radius 3 is 2.83 bits per heavy atom. The number of halogens is 2. The van der Waals surface area contributed by atoms with Gasteiger partial charge >= 0.3 is 0 Å². The van der Waals surface area contributed by atoms with Gasteiger partial charge in [0.1, 0.15) is 16.6 Å². The van der Waals surface area contributed by atoms with E-state index in [1.54, 1.807) is 35.6 Å². The minimum atomic E-state index is -0.510. The highest BCUT2D eigenvalue weighted by atomic mass is 35.5. The normalized spacial score (nSPS) is 11.8. The van der Waals surface area contributed by atoms with Crippen LogP contribution >= 0.6 is 22.9 Å². The number of hydrogen-bond acceptors (Lipinski definition) is 6. The highest BCUT2D eigenvalue weighted by Crippen LogP contribution is 2.21. The van der Waals surface area contributed by atoms with Gasteiger partial charge in [0.2, 0.25) is 0 Å². The van der Waals surface area contributed by atoms with Gasteiger partial charge in [0, 0.05) is 18.1 Å². The van der Waals surface area contributed by atoms with Crippen LogP contribution in [0.2, 0.25) is 5.15 Å². The van der Waals surface area contributed by atoms with Crippen LogP contribution in [-0.4, -0.2) is 38.5 Å². The van der Waals surface area contributed by atoms with Crippen molar-refractivity contribution in [3.8, 4) is 5.69 Å². The second-order valence-electron chi connectivity index (χ2n) is 6.82. The Morgan fingerprint density at radius 1 is 1.23 bits per heavy atom. The molecule has 0 aliphatic carbocycles. The monoisotopic (exact) mass is 441 g/mol. The number of fused-ring (bicyclic) bond motifs is 1. The summed E-state index contributed by atoms with van der Waals surface area (Å²) in [6.45, 7) is 0.744. The van der Waals surface area contributed by atoms with Crippen molar-refractivity contribution in [2.45, 2.75) is 6.54 Å².